The molecule has 4 heteroatoms. The van der Waals surface area contributed by atoms with Crippen LogP contribution in [0.1, 0.15) is 11.1 Å². The average molecular weight is 305 g/mol. The van der Waals surface area contributed by atoms with E-state index in [0.29, 0.717) is 6.61 Å². The van der Waals surface area contributed by atoms with Gasteiger partial charge in [-0.1, -0.05) is 54.6 Å². The molecule has 0 saturated heterocycles. The summed E-state index contributed by atoms with van der Waals surface area (Å²) in [6.45, 7) is 4.27. The highest BCUT2D eigenvalue weighted by atomic mass is 16.5. The zero-order valence-corrected chi connectivity index (χ0v) is 13.4. The van der Waals surface area contributed by atoms with Crippen LogP contribution in [-0.2, 0) is 6.61 Å². The molecule has 0 aliphatic carbocycles. The fourth-order valence-corrected chi connectivity index (χ4v) is 2.72. The Kier molecular flexibility index (Phi) is 4.53. The van der Waals surface area contributed by atoms with Crippen molar-refractivity contribution in [3.05, 3.63) is 71.8 Å². The van der Waals surface area contributed by atoms with Gasteiger partial charge in [0.2, 0.25) is 0 Å². The molecule has 3 nitrogen and oxygen atoms in total. The lowest BCUT2D eigenvalue weighted by Crippen LogP contribution is -2.20. The van der Waals surface area contributed by atoms with Crippen LogP contribution in [0, 0.1) is 6.92 Å². The van der Waals surface area contributed by atoms with Crippen LogP contribution in [0.25, 0.3) is 10.8 Å². The summed E-state index contributed by atoms with van der Waals surface area (Å²) < 4.78 is 6.06. The van der Waals surface area contributed by atoms with Crippen molar-refractivity contribution in [2.24, 2.45) is 0 Å². The second-order valence-corrected chi connectivity index (χ2v) is 5.69. The van der Waals surface area contributed by atoms with Crippen molar-refractivity contribution in [3.63, 3.8) is 0 Å². The molecule has 3 rings (SSSR count). The Hall–Kier alpha value is -2.46. The number of benzene rings is 3. The molecule has 3 aromatic rings. The van der Waals surface area contributed by atoms with Gasteiger partial charge in [-0.05, 0) is 30.3 Å². The lowest BCUT2D eigenvalue weighted by molar-refractivity contribution is 0.310. The molecule has 116 valence electrons. The Balaban J connectivity index is 1.99. The molecule has 23 heavy (non-hydrogen) atoms. The summed E-state index contributed by atoms with van der Waals surface area (Å²) in [7, 11) is -0.614. The van der Waals surface area contributed by atoms with E-state index in [1.807, 2.05) is 55.5 Å². The molecule has 0 aromatic heterocycles. The fourth-order valence-electron chi connectivity index (χ4n) is 2.72. The molecule has 0 spiro atoms. The zero-order chi connectivity index (χ0) is 16.2. The predicted octanol–water partition coefficient (Wildman–Crippen LogP) is 4.25. The first kappa shape index (κ1) is 15.4. The summed E-state index contributed by atoms with van der Waals surface area (Å²) in [5.41, 5.74) is 3.12. The van der Waals surface area contributed by atoms with Gasteiger partial charge in [0, 0.05) is 17.1 Å². The van der Waals surface area contributed by atoms with Crippen molar-refractivity contribution < 1.29 is 9.76 Å². The zero-order valence-electron chi connectivity index (χ0n) is 13.4. The van der Waals surface area contributed by atoms with Crippen molar-refractivity contribution in [3.8, 4) is 5.75 Å². The Morgan fingerprint density at radius 3 is 2.35 bits per heavy atom. The molecule has 0 bridgehead atoms. The molecule has 0 unspecified atom stereocenters. The third kappa shape index (κ3) is 3.49. The fraction of sp³-hybridized carbons (Fsp3) is 0.158. The summed E-state index contributed by atoms with van der Waals surface area (Å²) in [5.74, 6) is 0.818. The molecule has 0 radical (unpaired) electrons. The lowest BCUT2D eigenvalue weighted by atomic mass is 9.87. The minimum Gasteiger partial charge on any atom is -0.488 e. The van der Waals surface area contributed by atoms with Gasteiger partial charge in [0.25, 0.3) is 0 Å². The SMILES string of the molecule is CB(O)Nc1cc(OCc2ccccc2)c2ccccc2c1C. The quantitative estimate of drug-likeness (QED) is 0.692. The van der Waals surface area contributed by atoms with Crippen molar-refractivity contribution in [2.75, 3.05) is 5.23 Å². The van der Waals surface area contributed by atoms with Gasteiger partial charge in [0.15, 0.2) is 0 Å². The van der Waals surface area contributed by atoms with Crippen LogP contribution in [-0.4, -0.2) is 12.1 Å². The number of aryl methyl sites for hydroxylation is 1. The maximum Gasteiger partial charge on any atom is 0.406 e. The highest BCUT2D eigenvalue weighted by molar-refractivity contribution is 6.53. The van der Waals surface area contributed by atoms with Gasteiger partial charge in [0.05, 0.1) is 0 Å². The third-order valence-corrected chi connectivity index (χ3v) is 3.88. The van der Waals surface area contributed by atoms with Gasteiger partial charge in [-0.25, -0.2) is 0 Å². The first-order valence-electron chi connectivity index (χ1n) is 7.79. The van der Waals surface area contributed by atoms with E-state index in [2.05, 4.69) is 17.4 Å². The Bertz CT molecular complexity index is 803. The van der Waals surface area contributed by atoms with E-state index < -0.39 is 7.05 Å². The van der Waals surface area contributed by atoms with Crippen LogP contribution in [0.15, 0.2) is 60.7 Å². The van der Waals surface area contributed by atoms with Crippen LogP contribution in [0.4, 0.5) is 5.69 Å². The highest BCUT2D eigenvalue weighted by Crippen LogP contribution is 2.34. The summed E-state index contributed by atoms with van der Waals surface area (Å²) in [5, 5.41) is 14.9. The number of ether oxygens (including phenoxy) is 1. The topological polar surface area (TPSA) is 41.5 Å². The van der Waals surface area contributed by atoms with Gasteiger partial charge in [-0.2, -0.15) is 0 Å². The van der Waals surface area contributed by atoms with Gasteiger partial charge < -0.3 is 15.0 Å². The molecule has 0 amide bonds. The van der Waals surface area contributed by atoms with E-state index in [0.717, 1.165) is 33.3 Å². The monoisotopic (exact) mass is 305 g/mol. The summed E-state index contributed by atoms with van der Waals surface area (Å²) in [6.07, 6.45) is 0. The van der Waals surface area contributed by atoms with Crippen molar-refractivity contribution in [1.82, 2.24) is 0 Å². The Labute approximate surface area is 137 Å². The normalized spacial score (nSPS) is 10.6. The summed E-state index contributed by atoms with van der Waals surface area (Å²) >= 11 is 0. The van der Waals surface area contributed by atoms with Crippen LogP contribution < -0.4 is 9.96 Å². The summed E-state index contributed by atoms with van der Waals surface area (Å²) in [4.78, 5) is 0. The molecular weight excluding hydrogens is 285 g/mol. The van der Waals surface area contributed by atoms with Crippen molar-refractivity contribution in [1.29, 1.82) is 0 Å². The van der Waals surface area contributed by atoms with Crippen LogP contribution in [0.3, 0.4) is 0 Å². The van der Waals surface area contributed by atoms with Gasteiger partial charge in [-0.15, -0.1) is 0 Å². The standard InChI is InChI=1S/C19H20BNO2/c1-14-16-10-6-7-11-17(16)19(12-18(14)21-20(2)22)23-13-15-8-4-3-5-9-15/h3-12,21-22H,13H2,1-2H3. The molecule has 3 aromatic carbocycles. The Morgan fingerprint density at radius 2 is 1.65 bits per heavy atom. The number of rotatable bonds is 5. The first-order valence-corrected chi connectivity index (χ1v) is 7.79. The number of hydrogen-bond donors (Lipinski definition) is 2. The molecular formula is C19H20BNO2. The second kappa shape index (κ2) is 6.76. The maximum absolute atomic E-state index is 9.65. The number of fused-ring (bicyclic) bond motifs is 1. The van der Waals surface area contributed by atoms with Crippen molar-refractivity contribution >= 4 is 23.5 Å². The van der Waals surface area contributed by atoms with E-state index >= 15 is 0 Å². The number of anilines is 1. The average Bonchev–Trinajstić information content (AvgIpc) is 2.57. The third-order valence-electron chi connectivity index (χ3n) is 3.88. The van der Waals surface area contributed by atoms with Gasteiger partial charge in [-0.3, -0.25) is 0 Å². The summed E-state index contributed by atoms with van der Waals surface area (Å²) in [6, 6.07) is 20.2. The van der Waals surface area contributed by atoms with E-state index in [1.54, 1.807) is 6.82 Å². The van der Waals surface area contributed by atoms with E-state index in [1.165, 1.54) is 0 Å². The van der Waals surface area contributed by atoms with E-state index in [9.17, 15) is 5.02 Å². The largest absolute Gasteiger partial charge is 0.488 e. The van der Waals surface area contributed by atoms with Crippen LogP contribution in [0.2, 0.25) is 6.82 Å². The molecule has 0 fully saturated rings. The minimum absolute atomic E-state index is 0.516. The molecule has 2 N–H and O–H groups in total. The van der Waals surface area contributed by atoms with E-state index in [-0.39, 0.29) is 0 Å². The molecule has 0 aliphatic heterocycles. The number of nitrogens with one attached hydrogen (secondary N) is 1. The molecule has 0 atom stereocenters. The maximum atomic E-state index is 9.65. The molecule has 0 saturated carbocycles. The number of hydrogen-bond acceptors (Lipinski definition) is 3. The molecule has 0 heterocycles. The first-order chi connectivity index (χ1) is 11.1. The Morgan fingerprint density at radius 1 is 1.00 bits per heavy atom. The molecule has 0 aliphatic rings. The second-order valence-electron chi connectivity index (χ2n) is 5.69. The van der Waals surface area contributed by atoms with Crippen LogP contribution in [0.5, 0.6) is 5.75 Å². The van der Waals surface area contributed by atoms with Crippen molar-refractivity contribution in [2.45, 2.75) is 20.4 Å². The van der Waals surface area contributed by atoms with Crippen LogP contribution >= 0.6 is 0 Å². The highest BCUT2D eigenvalue weighted by Gasteiger charge is 2.12. The smallest absolute Gasteiger partial charge is 0.406 e. The predicted molar refractivity (Wildman–Crippen MR) is 96.9 cm³/mol. The lowest BCUT2D eigenvalue weighted by Gasteiger charge is -2.17. The van der Waals surface area contributed by atoms with Gasteiger partial charge in [0.1, 0.15) is 12.4 Å². The van der Waals surface area contributed by atoms with E-state index in [4.69, 9.17) is 4.74 Å². The minimum atomic E-state index is -0.614. The van der Waals surface area contributed by atoms with Gasteiger partial charge >= 0.3 is 7.05 Å².